The van der Waals surface area contributed by atoms with Crippen LogP contribution in [0.15, 0.2) is 0 Å². The van der Waals surface area contributed by atoms with Crippen LogP contribution in [0.5, 0.6) is 0 Å². The largest absolute Gasteiger partial charge is 0.296 e. The van der Waals surface area contributed by atoms with E-state index in [1.807, 2.05) is 0 Å². The molecular formula is C12H19NO2. The van der Waals surface area contributed by atoms with E-state index in [0.717, 1.165) is 18.8 Å². The molecule has 3 nitrogen and oxygen atoms in total. The van der Waals surface area contributed by atoms with E-state index in [9.17, 15) is 9.59 Å². The van der Waals surface area contributed by atoms with E-state index in [1.54, 1.807) is 0 Å². The second-order valence-corrected chi connectivity index (χ2v) is 5.25. The Morgan fingerprint density at radius 1 is 1.13 bits per heavy atom. The van der Waals surface area contributed by atoms with Crippen LogP contribution in [0.1, 0.15) is 39.5 Å². The molecule has 1 aliphatic heterocycles. The van der Waals surface area contributed by atoms with Crippen molar-refractivity contribution in [1.29, 1.82) is 0 Å². The average molecular weight is 209 g/mol. The van der Waals surface area contributed by atoms with Crippen LogP contribution in [0.2, 0.25) is 0 Å². The van der Waals surface area contributed by atoms with Gasteiger partial charge in [0.15, 0.2) is 0 Å². The topological polar surface area (TPSA) is 46.2 Å². The van der Waals surface area contributed by atoms with Crippen molar-refractivity contribution < 1.29 is 9.59 Å². The standard InChI is InChI=1S/C12H19NO2/c1-7-3-4-9(5-8(7)2)10-6-11(14)13-12(10)15/h7-10H,3-6H2,1-2H3,(H,13,14,15). The normalized spacial score (nSPS) is 41.7. The van der Waals surface area contributed by atoms with Gasteiger partial charge in [0.25, 0.3) is 0 Å². The predicted molar refractivity (Wildman–Crippen MR) is 56.9 cm³/mol. The number of amides is 2. The summed E-state index contributed by atoms with van der Waals surface area (Å²) in [5.74, 6) is 1.73. The molecule has 0 spiro atoms. The fourth-order valence-corrected chi connectivity index (χ4v) is 2.91. The Morgan fingerprint density at radius 2 is 1.87 bits per heavy atom. The van der Waals surface area contributed by atoms with Crippen molar-refractivity contribution in [3.05, 3.63) is 0 Å². The van der Waals surface area contributed by atoms with E-state index in [-0.39, 0.29) is 17.7 Å². The Bertz CT molecular complexity index is 287. The Labute approximate surface area is 90.6 Å². The van der Waals surface area contributed by atoms with Crippen molar-refractivity contribution in [1.82, 2.24) is 5.32 Å². The molecule has 1 saturated carbocycles. The van der Waals surface area contributed by atoms with Gasteiger partial charge in [0.1, 0.15) is 0 Å². The molecule has 4 unspecified atom stereocenters. The summed E-state index contributed by atoms with van der Waals surface area (Å²) in [6.45, 7) is 4.53. The fourth-order valence-electron chi connectivity index (χ4n) is 2.91. The van der Waals surface area contributed by atoms with Gasteiger partial charge in [-0.1, -0.05) is 20.3 Å². The molecule has 3 heteroatoms. The van der Waals surface area contributed by atoms with Crippen molar-refractivity contribution in [2.24, 2.45) is 23.7 Å². The number of nitrogens with one attached hydrogen (secondary N) is 1. The van der Waals surface area contributed by atoms with Crippen LogP contribution < -0.4 is 5.32 Å². The zero-order valence-corrected chi connectivity index (χ0v) is 9.45. The van der Waals surface area contributed by atoms with Crippen LogP contribution in [0.3, 0.4) is 0 Å². The highest BCUT2D eigenvalue weighted by atomic mass is 16.2. The summed E-state index contributed by atoms with van der Waals surface area (Å²) in [6.07, 6.45) is 3.83. The third-order valence-corrected chi connectivity index (χ3v) is 4.21. The van der Waals surface area contributed by atoms with E-state index < -0.39 is 0 Å². The van der Waals surface area contributed by atoms with Gasteiger partial charge in [0.05, 0.1) is 0 Å². The highest BCUT2D eigenvalue weighted by Gasteiger charge is 2.39. The Kier molecular flexibility index (Phi) is 2.81. The fraction of sp³-hybridized carbons (Fsp3) is 0.833. The maximum Gasteiger partial charge on any atom is 0.230 e. The molecule has 1 aliphatic carbocycles. The second-order valence-electron chi connectivity index (χ2n) is 5.25. The Balaban J connectivity index is 2.00. The van der Waals surface area contributed by atoms with Gasteiger partial charge in [-0.05, 0) is 30.6 Å². The Morgan fingerprint density at radius 3 is 2.40 bits per heavy atom. The highest BCUT2D eigenvalue weighted by Crippen LogP contribution is 2.39. The van der Waals surface area contributed by atoms with Crippen molar-refractivity contribution in [2.45, 2.75) is 39.5 Å². The van der Waals surface area contributed by atoms with Crippen molar-refractivity contribution >= 4 is 11.8 Å². The third-order valence-electron chi connectivity index (χ3n) is 4.21. The number of hydrogen-bond acceptors (Lipinski definition) is 2. The number of rotatable bonds is 1. The summed E-state index contributed by atoms with van der Waals surface area (Å²) in [5.41, 5.74) is 0. The smallest absolute Gasteiger partial charge is 0.230 e. The highest BCUT2D eigenvalue weighted by molar-refractivity contribution is 6.03. The van der Waals surface area contributed by atoms with Gasteiger partial charge in [-0.3, -0.25) is 14.9 Å². The van der Waals surface area contributed by atoms with Crippen molar-refractivity contribution in [3.8, 4) is 0 Å². The minimum Gasteiger partial charge on any atom is -0.296 e. The minimum absolute atomic E-state index is 0.0348. The molecule has 0 radical (unpaired) electrons. The maximum absolute atomic E-state index is 11.5. The van der Waals surface area contributed by atoms with Gasteiger partial charge in [-0.15, -0.1) is 0 Å². The zero-order chi connectivity index (χ0) is 11.0. The third kappa shape index (κ3) is 2.06. The Hall–Kier alpha value is -0.860. The zero-order valence-electron chi connectivity index (χ0n) is 9.45. The summed E-state index contributed by atoms with van der Waals surface area (Å²) in [4.78, 5) is 22.7. The first-order valence-electron chi connectivity index (χ1n) is 5.91. The van der Waals surface area contributed by atoms with Gasteiger partial charge in [-0.25, -0.2) is 0 Å². The van der Waals surface area contributed by atoms with Crippen LogP contribution in [-0.2, 0) is 9.59 Å². The summed E-state index contributed by atoms with van der Waals surface area (Å²) < 4.78 is 0. The molecule has 1 heterocycles. The number of carbonyl (C=O) groups excluding carboxylic acids is 2. The van der Waals surface area contributed by atoms with E-state index in [4.69, 9.17) is 0 Å². The predicted octanol–water partition coefficient (Wildman–Crippen LogP) is 1.72. The molecular weight excluding hydrogens is 190 g/mol. The molecule has 2 fully saturated rings. The van der Waals surface area contributed by atoms with Crippen molar-refractivity contribution in [2.75, 3.05) is 0 Å². The lowest BCUT2D eigenvalue weighted by Gasteiger charge is -2.34. The lowest BCUT2D eigenvalue weighted by atomic mass is 9.71. The van der Waals surface area contributed by atoms with E-state index >= 15 is 0 Å². The molecule has 0 aromatic heterocycles. The number of imide groups is 1. The van der Waals surface area contributed by atoms with Crippen LogP contribution in [0, 0.1) is 23.7 Å². The van der Waals surface area contributed by atoms with E-state index in [1.165, 1.54) is 6.42 Å². The van der Waals surface area contributed by atoms with Gasteiger partial charge in [0, 0.05) is 12.3 Å². The summed E-state index contributed by atoms with van der Waals surface area (Å²) in [5, 5.41) is 2.41. The quantitative estimate of drug-likeness (QED) is 0.668. The minimum atomic E-state index is -0.0868. The summed E-state index contributed by atoms with van der Waals surface area (Å²) in [7, 11) is 0. The maximum atomic E-state index is 11.5. The monoisotopic (exact) mass is 209 g/mol. The van der Waals surface area contributed by atoms with Gasteiger partial charge in [0.2, 0.25) is 11.8 Å². The van der Waals surface area contributed by atoms with Crippen LogP contribution in [0.4, 0.5) is 0 Å². The molecule has 84 valence electrons. The average Bonchev–Trinajstić information content (AvgIpc) is 2.50. The molecule has 4 atom stereocenters. The molecule has 2 aliphatic rings. The molecule has 1 N–H and O–H groups in total. The lowest BCUT2D eigenvalue weighted by Crippen LogP contribution is -2.31. The first-order chi connectivity index (χ1) is 7.08. The van der Waals surface area contributed by atoms with Crippen molar-refractivity contribution in [3.63, 3.8) is 0 Å². The molecule has 1 saturated heterocycles. The molecule has 0 aromatic rings. The van der Waals surface area contributed by atoms with Crippen LogP contribution in [0.25, 0.3) is 0 Å². The van der Waals surface area contributed by atoms with E-state index in [0.29, 0.717) is 18.3 Å². The second kappa shape index (κ2) is 3.95. The van der Waals surface area contributed by atoms with Gasteiger partial charge in [-0.2, -0.15) is 0 Å². The molecule has 0 bridgehead atoms. The number of hydrogen-bond donors (Lipinski definition) is 1. The van der Waals surface area contributed by atoms with Crippen LogP contribution >= 0.6 is 0 Å². The van der Waals surface area contributed by atoms with Gasteiger partial charge < -0.3 is 0 Å². The summed E-state index contributed by atoms with van der Waals surface area (Å²) >= 11 is 0. The SMILES string of the molecule is CC1CCC(C2CC(=O)NC2=O)CC1C. The summed E-state index contributed by atoms with van der Waals surface area (Å²) in [6, 6.07) is 0. The first-order valence-corrected chi connectivity index (χ1v) is 5.91. The molecule has 2 amide bonds. The molecule has 0 aromatic carbocycles. The van der Waals surface area contributed by atoms with Gasteiger partial charge >= 0.3 is 0 Å². The first kappa shape index (κ1) is 10.7. The van der Waals surface area contributed by atoms with E-state index in [2.05, 4.69) is 19.2 Å². The molecule has 15 heavy (non-hydrogen) atoms. The number of carbonyl (C=O) groups is 2. The van der Waals surface area contributed by atoms with Crippen LogP contribution in [-0.4, -0.2) is 11.8 Å². The molecule has 2 rings (SSSR count). The lowest BCUT2D eigenvalue weighted by molar-refractivity contribution is -0.126.